The number of carboxylic acids is 1. The molecule has 2 aromatic rings. The van der Waals surface area contributed by atoms with Crippen LogP contribution in [0, 0.1) is 20.8 Å². The normalized spacial score (nSPS) is 12.0. The van der Waals surface area contributed by atoms with E-state index in [1.165, 1.54) is 12.3 Å². The summed E-state index contributed by atoms with van der Waals surface area (Å²) in [6.07, 6.45) is 1.40. The van der Waals surface area contributed by atoms with E-state index in [4.69, 9.17) is 4.42 Å². The maximum absolute atomic E-state index is 12.2. The number of amides is 1. The summed E-state index contributed by atoms with van der Waals surface area (Å²) in [4.78, 5) is 23.6. The highest BCUT2D eigenvalue weighted by molar-refractivity contribution is 5.97. The molecule has 0 saturated carbocycles. The average molecular weight is 287 g/mol. The van der Waals surface area contributed by atoms with Gasteiger partial charge in [-0.25, -0.2) is 4.79 Å². The molecule has 0 aliphatic heterocycles. The molecule has 0 aliphatic rings. The molecule has 1 amide bonds. The lowest BCUT2D eigenvalue weighted by molar-refractivity contribution is -0.139. The van der Waals surface area contributed by atoms with Gasteiger partial charge in [0, 0.05) is 0 Å². The largest absolute Gasteiger partial charge is 0.479 e. The van der Waals surface area contributed by atoms with Crippen LogP contribution in [-0.4, -0.2) is 17.0 Å². The number of hydrogen-bond donors (Lipinski definition) is 2. The van der Waals surface area contributed by atoms with E-state index in [1.807, 2.05) is 19.9 Å². The van der Waals surface area contributed by atoms with Gasteiger partial charge in [0.15, 0.2) is 6.04 Å². The van der Waals surface area contributed by atoms with Gasteiger partial charge in [-0.1, -0.05) is 29.3 Å². The van der Waals surface area contributed by atoms with Crippen molar-refractivity contribution in [1.82, 2.24) is 5.32 Å². The highest BCUT2D eigenvalue weighted by atomic mass is 16.4. The molecule has 2 rings (SSSR count). The van der Waals surface area contributed by atoms with Crippen molar-refractivity contribution >= 4 is 11.9 Å². The van der Waals surface area contributed by atoms with Crippen molar-refractivity contribution in [3.8, 4) is 0 Å². The van der Waals surface area contributed by atoms with Crippen LogP contribution in [0.25, 0.3) is 0 Å². The first-order chi connectivity index (χ1) is 9.88. The Morgan fingerprint density at radius 3 is 2.24 bits per heavy atom. The minimum absolute atomic E-state index is 0.339. The third kappa shape index (κ3) is 3.31. The topological polar surface area (TPSA) is 79.5 Å². The van der Waals surface area contributed by atoms with Crippen LogP contribution < -0.4 is 5.32 Å². The first-order valence-corrected chi connectivity index (χ1v) is 6.54. The molecule has 1 atom stereocenters. The van der Waals surface area contributed by atoms with Crippen LogP contribution in [-0.2, 0) is 4.79 Å². The van der Waals surface area contributed by atoms with Crippen LogP contribution in [0.4, 0.5) is 0 Å². The predicted molar refractivity (Wildman–Crippen MR) is 77.2 cm³/mol. The maximum Gasteiger partial charge on any atom is 0.330 e. The minimum Gasteiger partial charge on any atom is -0.479 e. The first-order valence-electron chi connectivity index (χ1n) is 6.54. The van der Waals surface area contributed by atoms with Gasteiger partial charge in [0.2, 0.25) is 0 Å². The summed E-state index contributed by atoms with van der Waals surface area (Å²) in [7, 11) is 0. The van der Waals surface area contributed by atoms with Crippen LogP contribution in [0.15, 0.2) is 34.9 Å². The van der Waals surface area contributed by atoms with Crippen LogP contribution in [0.5, 0.6) is 0 Å². The van der Waals surface area contributed by atoms with Gasteiger partial charge >= 0.3 is 5.97 Å². The lowest BCUT2D eigenvalue weighted by Gasteiger charge is -2.16. The molecule has 1 heterocycles. The number of aliphatic carboxylic acids is 1. The summed E-state index contributed by atoms with van der Waals surface area (Å²) >= 11 is 0. The second-order valence-electron chi connectivity index (χ2n) is 5.06. The Hall–Kier alpha value is -2.56. The monoisotopic (exact) mass is 287 g/mol. The van der Waals surface area contributed by atoms with Crippen LogP contribution >= 0.6 is 0 Å². The quantitative estimate of drug-likeness (QED) is 0.906. The van der Waals surface area contributed by atoms with Gasteiger partial charge < -0.3 is 14.8 Å². The van der Waals surface area contributed by atoms with Crippen molar-refractivity contribution in [2.45, 2.75) is 26.8 Å². The number of carbonyl (C=O) groups is 2. The number of aryl methyl sites for hydroxylation is 3. The van der Waals surface area contributed by atoms with E-state index in [0.717, 1.165) is 11.1 Å². The highest BCUT2D eigenvalue weighted by Crippen LogP contribution is 2.19. The summed E-state index contributed by atoms with van der Waals surface area (Å²) < 4.78 is 5.06. The Kier molecular flexibility index (Phi) is 4.12. The molecule has 0 aliphatic carbocycles. The highest BCUT2D eigenvalue weighted by Gasteiger charge is 2.24. The smallest absolute Gasteiger partial charge is 0.330 e. The van der Waals surface area contributed by atoms with E-state index < -0.39 is 17.9 Å². The fourth-order valence-corrected chi connectivity index (χ4v) is 2.29. The Bertz CT molecular complexity index is 667. The minimum atomic E-state index is -1.10. The molecule has 1 aromatic carbocycles. The Balaban J connectivity index is 2.30. The lowest BCUT2D eigenvalue weighted by Crippen LogP contribution is -2.34. The maximum atomic E-state index is 12.2. The van der Waals surface area contributed by atoms with Gasteiger partial charge in [-0.3, -0.25) is 4.79 Å². The van der Waals surface area contributed by atoms with Crippen molar-refractivity contribution in [1.29, 1.82) is 0 Å². The van der Waals surface area contributed by atoms with Crippen molar-refractivity contribution in [2.24, 2.45) is 0 Å². The number of furan rings is 1. The van der Waals surface area contributed by atoms with Crippen LogP contribution in [0.3, 0.4) is 0 Å². The van der Waals surface area contributed by atoms with Crippen molar-refractivity contribution < 1.29 is 19.1 Å². The van der Waals surface area contributed by atoms with Crippen molar-refractivity contribution in [3.63, 3.8) is 0 Å². The number of benzene rings is 1. The summed E-state index contributed by atoms with van der Waals surface area (Å²) in [5.74, 6) is -1.11. The van der Waals surface area contributed by atoms with Crippen LogP contribution in [0.2, 0.25) is 0 Å². The molecule has 0 spiro atoms. The van der Waals surface area contributed by atoms with E-state index in [0.29, 0.717) is 16.9 Å². The second-order valence-corrected chi connectivity index (χ2v) is 5.06. The number of carboxylic acid groups (broad SMARTS) is 1. The zero-order chi connectivity index (χ0) is 15.6. The Labute approximate surface area is 122 Å². The van der Waals surface area contributed by atoms with Gasteiger partial charge in [0.1, 0.15) is 5.76 Å². The van der Waals surface area contributed by atoms with Crippen molar-refractivity contribution in [2.75, 3.05) is 0 Å². The fourth-order valence-electron chi connectivity index (χ4n) is 2.29. The molecule has 2 N–H and O–H groups in total. The summed E-state index contributed by atoms with van der Waals surface area (Å²) in [5, 5.41) is 11.9. The molecule has 0 fully saturated rings. The third-order valence-corrected chi connectivity index (χ3v) is 3.20. The molecule has 110 valence electrons. The molecule has 5 heteroatoms. The van der Waals surface area contributed by atoms with E-state index in [9.17, 15) is 14.7 Å². The fraction of sp³-hybridized carbons (Fsp3) is 0.250. The zero-order valence-electron chi connectivity index (χ0n) is 12.1. The van der Waals surface area contributed by atoms with Gasteiger partial charge in [-0.2, -0.15) is 0 Å². The predicted octanol–water partition coefficient (Wildman–Crippen LogP) is 2.76. The standard InChI is InChI=1S/C16H17NO4/c1-9-6-10(2)8-12(7-9)14(16(19)20)17-15(18)13-4-5-21-11(13)3/h4-8,14H,1-3H3,(H,17,18)(H,19,20). The number of nitrogens with one attached hydrogen (secondary N) is 1. The summed E-state index contributed by atoms with van der Waals surface area (Å²) in [5.41, 5.74) is 2.79. The summed E-state index contributed by atoms with van der Waals surface area (Å²) in [6.45, 7) is 5.43. The van der Waals surface area contributed by atoms with Gasteiger partial charge in [0.05, 0.1) is 11.8 Å². The first kappa shape index (κ1) is 14.8. The second kappa shape index (κ2) is 5.83. The molecule has 21 heavy (non-hydrogen) atoms. The SMILES string of the molecule is Cc1cc(C)cc(C(NC(=O)c2ccoc2C)C(=O)O)c1. The molecule has 5 nitrogen and oxygen atoms in total. The number of rotatable bonds is 4. The Morgan fingerprint density at radius 2 is 1.76 bits per heavy atom. The lowest BCUT2D eigenvalue weighted by atomic mass is 10.0. The van der Waals surface area contributed by atoms with E-state index in [1.54, 1.807) is 19.1 Å². The zero-order valence-corrected chi connectivity index (χ0v) is 12.1. The molecular weight excluding hydrogens is 270 g/mol. The third-order valence-electron chi connectivity index (χ3n) is 3.20. The van der Waals surface area contributed by atoms with E-state index in [2.05, 4.69) is 5.32 Å². The Morgan fingerprint density at radius 1 is 1.14 bits per heavy atom. The molecule has 1 aromatic heterocycles. The summed E-state index contributed by atoms with van der Waals surface area (Å²) in [6, 6.07) is 5.89. The molecule has 0 radical (unpaired) electrons. The van der Waals surface area contributed by atoms with E-state index in [-0.39, 0.29) is 0 Å². The van der Waals surface area contributed by atoms with Gasteiger partial charge in [-0.15, -0.1) is 0 Å². The molecule has 1 unspecified atom stereocenters. The molecule has 0 bridgehead atoms. The van der Waals surface area contributed by atoms with Gasteiger partial charge in [0.25, 0.3) is 5.91 Å². The van der Waals surface area contributed by atoms with Crippen LogP contribution in [0.1, 0.15) is 38.9 Å². The number of carbonyl (C=O) groups excluding carboxylic acids is 1. The molecular formula is C16H17NO4. The van der Waals surface area contributed by atoms with Gasteiger partial charge in [-0.05, 0) is 32.4 Å². The number of hydrogen-bond acceptors (Lipinski definition) is 3. The average Bonchev–Trinajstić information content (AvgIpc) is 2.80. The molecule has 0 saturated heterocycles. The van der Waals surface area contributed by atoms with Crippen molar-refractivity contribution in [3.05, 3.63) is 58.5 Å². The van der Waals surface area contributed by atoms with E-state index >= 15 is 0 Å².